The van der Waals surface area contributed by atoms with Gasteiger partial charge in [0.2, 0.25) is 0 Å². The lowest BCUT2D eigenvalue weighted by molar-refractivity contribution is 0.521. The monoisotopic (exact) mass is 289 g/mol. The van der Waals surface area contributed by atoms with Crippen molar-refractivity contribution >= 4 is 5.69 Å². The van der Waals surface area contributed by atoms with Gasteiger partial charge in [-0.2, -0.15) is 0 Å². The maximum absolute atomic E-state index is 2.42. The lowest BCUT2D eigenvalue weighted by Gasteiger charge is -2.38. The molecular weight excluding hydrogens is 266 g/mol. The number of rotatable bonds is 2. The predicted molar refractivity (Wildman–Crippen MR) is 93.2 cm³/mol. The van der Waals surface area contributed by atoms with Crippen LogP contribution in [-0.4, -0.2) is 7.05 Å². The molecule has 112 valence electrons. The van der Waals surface area contributed by atoms with Gasteiger partial charge in [-0.25, -0.2) is 0 Å². The molecule has 1 saturated carbocycles. The zero-order chi connectivity index (χ0) is 14.9. The van der Waals surface area contributed by atoms with Crippen LogP contribution in [-0.2, 0) is 6.42 Å². The van der Waals surface area contributed by atoms with Crippen molar-refractivity contribution in [1.29, 1.82) is 0 Å². The highest BCUT2D eigenvalue weighted by molar-refractivity contribution is 5.57. The van der Waals surface area contributed by atoms with E-state index in [1.165, 1.54) is 42.6 Å². The minimum Gasteiger partial charge on any atom is -0.348 e. The highest BCUT2D eigenvalue weighted by atomic mass is 15.1. The molecular formula is C21H23N. The summed E-state index contributed by atoms with van der Waals surface area (Å²) in [6.07, 6.45) is 6.38. The van der Waals surface area contributed by atoms with Crippen LogP contribution in [0.2, 0.25) is 0 Å². The number of nitrogens with zero attached hydrogens (tertiary/aromatic N) is 1. The molecule has 0 radical (unpaired) electrons. The van der Waals surface area contributed by atoms with E-state index in [1.54, 1.807) is 11.1 Å². The standard InChI is InChI=1S/C21H23N/c1-22(17-10-3-2-4-11-17)21-15-16-9-5-6-12-18(16)19-13-7-8-14-20(19)21/h2-6,9-12,19H,7-8,13-15H2,1H3. The van der Waals surface area contributed by atoms with Crippen molar-refractivity contribution in [2.75, 3.05) is 11.9 Å². The molecule has 2 aromatic rings. The van der Waals surface area contributed by atoms with Crippen LogP contribution in [0.15, 0.2) is 65.9 Å². The summed E-state index contributed by atoms with van der Waals surface area (Å²) in [6, 6.07) is 19.8. The molecule has 4 rings (SSSR count). The highest BCUT2D eigenvalue weighted by Gasteiger charge is 2.31. The molecule has 0 spiro atoms. The summed E-state index contributed by atoms with van der Waals surface area (Å²) in [4.78, 5) is 2.42. The number of hydrogen-bond donors (Lipinski definition) is 0. The van der Waals surface area contributed by atoms with Gasteiger partial charge >= 0.3 is 0 Å². The first-order chi connectivity index (χ1) is 10.8. The molecule has 0 N–H and O–H groups in total. The van der Waals surface area contributed by atoms with Crippen LogP contribution in [0.3, 0.4) is 0 Å². The van der Waals surface area contributed by atoms with E-state index in [-0.39, 0.29) is 0 Å². The molecule has 2 aromatic carbocycles. The van der Waals surface area contributed by atoms with Crippen LogP contribution in [0.1, 0.15) is 42.7 Å². The Morgan fingerprint density at radius 2 is 1.68 bits per heavy atom. The van der Waals surface area contributed by atoms with E-state index in [2.05, 4.69) is 66.5 Å². The van der Waals surface area contributed by atoms with Crippen molar-refractivity contribution in [2.24, 2.45) is 0 Å². The molecule has 0 bridgehead atoms. The third kappa shape index (κ3) is 2.25. The Labute approximate surface area is 133 Å². The van der Waals surface area contributed by atoms with Crippen molar-refractivity contribution in [3.05, 3.63) is 77.0 Å². The van der Waals surface area contributed by atoms with E-state index in [0.717, 1.165) is 6.42 Å². The predicted octanol–water partition coefficient (Wildman–Crippen LogP) is 5.29. The van der Waals surface area contributed by atoms with Gasteiger partial charge in [-0.1, -0.05) is 48.9 Å². The lowest BCUT2D eigenvalue weighted by atomic mass is 9.72. The van der Waals surface area contributed by atoms with Crippen molar-refractivity contribution in [3.8, 4) is 0 Å². The maximum atomic E-state index is 2.42. The molecule has 1 heteroatoms. The highest BCUT2D eigenvalue weighted by Crippen LogP contribution is 2.45. The van der Waals surface area contributed by atoms with Gasteiger partial charge in [0, 0.05) is 30.8 Å². The number of hydrogen-bond acceptors (Lipinski definition) is 1. The Hall–Kier alpha value is -2.02. The van der Waals surface area contributed by atoms with Gasteiger partial charge in [0.15, 0.2) is 0 Å². The van der Waals surface area contributed by atoms with E-state index >= 15 is 0 Å². The van der Waals surface area contributed by atoms with E-state index in [9.17, 15) is 0 Å². The van der Waals surface area contributed by atoms with Gasteiger partial charge in [-0.05, 0) is 48.1 Å². The molecule has 0 amide bonds. The molecule has 0 saturated heterocycles. The summed E-state index contributed by atoms with van der Waals surface area (Å²) < 4.78 is 0. The first-order valence-corrected chi connectivity index (χ1v) is 8.43. The second kappa shape index (κ2) is 5.64. The minimum atomic E-state index is 0.653. The van der Waals surface area contributed by atoms with Crippen LogP contribution in [0.5, 0.6) is 0 Å². The second-order valence-corrected chi connectivity index (χ2v) is 6.54. The fourth-order valence-electron chi connectivity index (χ4n) is 4.17. The zero-order valence-electron chi connectivity index (χ0n) is 13.3. The quantitative estimate of drug-likeness (QED) is 0.726. The Kier molecular flexibility index (Phi) is 3.49. The largest absolute Gasteiger partial charge is 0.348 e. The Balaban J connectivity index is 1.79. The first-order valence-electron chi connectivity index (χ1n) is 8.43. The van der Waals surface area contributed by atoms with Gasteiger partial charge in [0.25, 0.3) is 0 Å². The summed E-state index contributed by atoms with van der Waals surface area (Å²) in [6.45, 7) is 0. The molecule has 0 aliphatic heterocycles. The number of anilines is 1. The average Bonchev–Trinajstić information content (AvgIpc) is 2.61. The lowest BCUT2D eigenvalue weighted by Crippen LogP contribution is -2.27. The summed E-state index contributed by atoms with van der Waals surface area (Å²) in [5, 5.41) is 0. The maximum Gasteiger partial charge on any atom is 0.0405 e. The summed E-state index contributed by atoms with van der Waals surface area (Å²) in [5.41, 5.74) is 7.64. The topological polar surface area (TPSA) is 3.24 Å². The van der Waals surface area contributed by atoms with Gasteiger partial charge in [0.1, 0.15) is 0 Å². The molecule has 0 aromatic heterocycles. The molecule has 2 aliphatic rings. The van der Waals surface area contributed by atoms with Crippen LogP contribution in [0, 0.1) is 0 Å². The first kappa shape index (κ1) is 13.6. The number of likely N-dealkylation sites (N-methyl/N-ethyl adjacent to an activating group) is 1. The van der Waals surface area contributed by atoms with Crippen molar-refractivity contribution in [2.45, 2.75) is 38.0 Å². The third-order valence-corrected chi connectivity index (χ3v) is 5.32. The van der Waals surface area contributed by atoms with Crippen LogP contribution < -0.4 is 4.90 Å². The van der Waals surface area contributed by atoms with Crippen LogP contribution in [0.25, 0.3) is 0 Å². The summed E-state index contributed by atoms with van der Waals surface area (Å²) >= 11 is 0. The van der Waals surface area contributed by atoms with Gasteiger partial charge in [-0.15, -0.1) is 0 Å². The summed E-state index contributed by atoms with van der Waals surface area (Å²) in [7, 11) is 2.23. The third-order valence-electron chi connectivity index (χ3n) is 5.32. The minimum absolute atomic E-state index is 0.653. The van der Waals surface area contributed by atoms with Crippen molar-refractivity contribution in [3.63, 3.8) is 0 Å². The Morgan fingerprint density at radius 1 is 0.909 bits per heavy atom. The molecule has 22 heavy (non-hydrogen) atoms. The van der Waals surface area contributed by atoms with E-state index in [1.807, 2.05) is 0 Å². The molecule has 1 fully saturated rings. The number of allylic oxidation sites excluding steroid dienone is 2. The number of para-hydroxylation sites is 1. The van der Waals surface area contributed by atoms with E-state index in [0.29, 0.717) is 5.92 Å². The van der Waals surface area contributed by atoms with Gasteiger partial charge < -0.3 is 4.90 Å². The number of benzene rings is 2. The fraction of sp³-hybridized carbons (Fsp3) is 0.333. The van der Waals surface area contributed by atoms with Crippen molar-refractivity contribution < 1.29 is 0 Å². The van der Waals surface area contributed by atoms with Crippen molar-refractivity contribution in [1.82, 2.24) is 0 Å². The fourth-order valence-corrected chi connectivity index (χ4v) is 4.17. The Morgan fingerprint density at radius 3 is 2.55 bits per heavy atom. The molecule has 1 unspecified atom stereocenters. The van der Waals surface area contributed by atoms with E-state index in [4.69, 9.17) is 0 Å². The second-order valence-electron chi connectivity index (χ2n) is 6.54. The van der Waals surface area contributed by atoms with Crippen LogP contribution in [0.4, 0.5) is 5.69 Å². The van der Waals surface area contributed by atoms with E-state index < -0.39 is 0 Å². The molecule has 1 nitrogen and oxygen atoms in total. The zero-order valence-corrected chi connectivity index (χ0v) is 13.3. The summed E-state index contributed by atoms with van der Waals surface area (Å²) in [5.74, 6) is 0.653. The normalized spacial score (nSPS) is 20.3. The molecule has 1 atom stereocenters. The van der Waals surface area contributed by atoms with Gasteiger partial charge in [0.05, 0.1) is 0 Å². The number of fused-ring (bicyclic) bond motifs is 3. The van der Waals surface area contributed by atoms with Gasteiger partial charge in [-0.3, -0.25) is 0 Å². The average molecular weight is 289 g/mol. The smallest absolute Gasteiger partial charge is 0.0405 e. The molecule has 2 aliphatic carbocycles. The molecule has 0 heterocycles. The Bertz CT molecular complexity index is 699. The van der Waals surface area contributed by atoms with Crippen LogP contribution >= 0.6 is 0 Å². The SMILES string of the molecule is CN(C1=C2CCCCC2c2ccccc2C1)c1ccccc1.